The van der Waals surface area contributed by atoms with Crippen LogP contribution in [0.3, 0.4) is 0 Å². The number of sulfone groups is 1. The predicted molar refractivity (Wildman–Crippen MR) is 58.3 cm³/mol. The molecule has 0 amide bonds. The Balaban J connectivity index is 0.00000289. The molecule has 1 rings (SSSR count). The molecule has 0 aliphatic rings. The van der Waals surface area contributed by atoms with Crippen LogP contribution in [0, 0.1) is 0 Å². The van der Waals surface area contributed by atoms with E-state index in [0.29, 0.717) is 5.41 Å². The van der Waals surface area contributed by atoms with Gasteiger partial charge in [0.2, 0.25) is 0 Å². The fourth-order valence-corrected chi connectivity index (χ4v) is 2.12. The molecular weight excluding hydrogens is 267 g/mol. The van der Waals surface area contributed by atoms with Crippen molar-refractivity contribution in [2.45, 2.75) is 11.8 Å². The summed E-state index contributed by atoms with van der Waals surface area (Å²) in [5.74, 6) is -2.36. The van der Waals surface area contributed by atoms with Crippen molar-refractivity contribution in [1.29, 1.82) is 0 Å². The maximum Gasteiger partial charge on any atom is 1.00 e. The Morgan fingerprint density at radius 3 is 2.39 bits per heavy atom. The van der Waals surface area contributed by atoms with E-state index in [0.717, 1.165) is 0 Å². The second kappa shape index (κ2) is 7.58. The van der Waals surface area contributed by atoms with E-state index >= 15 is 0 Å². The van der Waals surface area contributed by atoms with Gasteiger partial charge in [-0.2, -0.15) is 0 Å². The maximum atomic E-state index is 11.7. The summed E-state index contributed by atoms with van der Waals surface area (Å²) in [6.07, 6.45) is 0. The van der Waals surface area contributed by atoms with Crippen molar-refractivity contribution >= 4 is 15.8 Å². The first kappa shape index (κ1) is 17.2. The summed E-state index contributed by atoms with van der Waals surface area (Å²) in [4.78, 5) is 10.9. The van der Waals surface area contributed by atoms with Gasteiger partial charge in [-0.05, 0) is 24.8 Å². The monoisotopic (exact) mass is 278 g/mol. The van der Waals surface area contributed by atoms with Crippen molar-refractivity contribution < 1.29 is 52.6 Å². The summed E-state index contributed by atoms with van der Waals surface area (Å²) in [5.41, 5.74) is 0. The minimum absolute atomic E-state index is 0. The molecule has 0 unspecified atom stereocenters. The van der Waals surface area contributed by atoms with E-state index in [2.05, 4.69) is 4.74 Å². The molecule has 0 saturated heterocycles. The molecule has 5 nitrogen and oxygen atoms in total. The van der Waals surface area contributed by atoms with Crippen LogP contribution in [0.1, 0.15) is 6.92 Å². The van der Waals surface area contributed by atoms with Gasteiger partial charge in [0, 0.05) is 5.41 Å². The van der Waals surface area contributed by atoms with Crippen molar-refractivity contribution in [3.63, 3.8) is 0 Å². The molecule has 0 bridgehead atoms. The molecule has 7 heteroatoms. The van der Waals surface area contributed by atoms with Gasteiger partial charge >= 0.3 is 35.5 Å². The summed E-state index contributed by atoms with van der Waals surface area (Å²) >= 11 is 0. The summed E-state index contributed by atoms with van der Waals surface area (Å²) in [7, 11) is -3.90. The molecule has 1 aromatic carbocycles. The van der Waals surface area contributed by atoms with Crippen LogP contribution >= 0.6 is 0 Å². The van der Waals surface area contributed by atoms with E-state index in [1.165, 1.54) is 31.2 Å². The van der Waals surface area contributed by atoms with E-state index in [4.69, 9.17) is 0 Å². The van der Waals surface area contributed by atoms with Crippen LogP contribution in [0.5, 0.6) is 0 Å². The fourth-order valence-electron chi connectivity index (χ4n) is 1.07. The van der Waals surface area contributed by atoms with Crippen LogP contribution in [-0.4, -0.2) is 21.0 Å². The predicted octanol–water partition coefficient (Wildman–Crippen LogP) is -2.77. The van der Waals surface area contributed by atoms with Crippen molar-refractivity contribution in [2.75, 3.05) is 6.61 Å². The van der Waals surface area contributed by atoms with Crippen LogP contribution in [0.2, 0.25) is 0 Å². The number of esters is 1. The number of benzene rings is 1. The van der Waals surface area contributed by atoms with Gasteiger partial charge in [0.05, 0.1) is 11.5 Å². The molecule has 0 spiro atoms. The molecule has 0 aliphatic carbocycles. The zero-order valence-electron chi connectivity index (χ0n) is 10.1. The zero-order chi connectivity index (χ0) is 12.9. The van der Waals surface area contributed by atoms with Gasteiger partial charge in [-0.25, -0.2) is 13.2 Å². The van der Waals surface area contributed by atoms with Crippen molar-refractivity contribution in [1.82, 2.24) is 0 Å². The molecule has 18 heavy (non-hydrogen) atoms. The number of hydrogen-bond donors (Lipinski definition) is 0. The average Bonchev–Trinajstić information content (AvgIpc) is 2.30. The first-order valence-electron chi connectivity index (χ1n) is 4.83. The van der Waals surface area contributed by atoms with Gasteiger partial charge in [-0.15, -0.1) is 0 Å². The summed E-state index contributed by atoms with van der Waals surface area (Å²) < 4.78 is 27.7. The third kappa shape index (κ3) is 4.81. The molecule has 0 heterocycles. The number of hydrogen-bond acceptors (Lipinski definition) is 5. The SMILES string of the molecule is CCOC(=O)C([O-])=CS(=O)(=O)c1ccccc1.[Na+]. The molecule has 0 N–H and O–H groups in total. The third-order valence-electron chi connectivity index (χ3n) is 1.81. The Kier molecular flexibility index (Phi) is 7.23. The van der Waals surface area contributed by atoms with Crippen LogP contribution in [0.4, 0.5) is 0 Å². The Hall–Kier alpha value is -0.820. The molecule has 0 aromatic heterocycles. The Morgan fingerprint density at radius 2 is 1.89 bits per heavy atom. The first-order chi connectivity index (χ1) is 7.97. The molecule has 92 valence electrons. The Morgan fingerprint density at radius 1 is 1.33 bits per heavy atom. The van der Waals surface area contributed by atoms with E-state index in [9.17, 15) is 18.3 Å². The Labute approximate surface area is 128 Å². The minimum Gasteiger partial charge on any atom is -0.867 e. The first-order valence-corrected chi connectivity index (χ1v) is 6.38. The molecule has 0 aliphatic heterocycles. The number of ether oxygens (including phenoxy) is 1. The standard InChI is InChI=1S/C11H12O5S.Na/c1-2-16-11(13)10(12)8-17(14,15)9-6-4-3-5-7-9;/h3-8,12H,2H2,1H3;/q;+1/p-1. The molecule has 0 radical (unpaired) electrons. The largest absolute Gasteiger partial charge is 1.00 e. The molecule has 0 saturated carbocycles. The van der Waals surface area contributed by atoms with Crippen LogP contribution < -0.4 is 34.7 Å². The second-order valence-electron chi connectivity index (χ2n) is 3.06. The quantitative estimate of drug-likeness (QED) is 0.258. The summed E-state index contributed by atoms with van der Waals surface area (Å²) in [6, 6.07) is 7.37. The third-order valence-corrected chi connectivity index (χ3v) is 3.26. The van der Waals surface area contributed by atoms with Crippen LogP contribution in [0.15, 0.2) is 46.4 Å². The van der Waals surface area contributed by atoms with Gasteiger partial charge in [-0.3, -0.25) is 0 Å². The Bertz CT molecular complexity index is 522. The van der Waals surface area contributed by atoms with Gasteiger partial charge < -0.3 is 9.84 Å². The smallest absolute Gasteiger partial charge is 0.867 e. The number of carbonyl (C=O) groups is 1. The normalized spacial score (nSPS) is 11.5. The van der Waals surface area contributed by atoms with Crippen LogP contribution in [0.25, 0.3) is 0 Å². The van der Waals surface area contributed by atoms with Crippen molar-refractivity contribution in [2.24, 2.45) is 0 Å². The van der Waals surface area contributed by atoms with Gasteiger partial charge in [0.1, 0.15) is 0 Å². The topological polar surface area (TPSA) is 83.5 Å². The number of carbonyl (C=O) groups excluding carboxylic acids is 1. The van der Waals surface area contributed by atoms with E-state index in [1.54, 1.807) is 6.07 Å². The minimum atomic E-state index is -3.90. The van der Waals surface area contributed by atoms with E-state index in [-0.39, 0.29) is 41.1 Å². The molecule has 1 aromatic rings. The zero-order valence-corrected chi connectivity index (χ0v) is 12.9. The molecule has 0 fully saturated rings. The van der Waals surface area contributed by atoms with Gasteiger partial charge in [0.15, 0.2) is 9.84 Å². The number of rotatable bonds is 4. The fraction of sp³-hybridized carbons (Fsp3) is 0.182. The van der Waals surface area contributed by atoms with E-state index < -0.39 is 21.6 Å². The van der Waals surface area contributed by atoms with Crippen molar-refractivity contribution in [3.05, 3.63) is 41.5 Å². The molecule has 0 atom stereocenters. The van der Waals surface area contributed by atoms with E-state index in [1.807, 2.05) is 0 Å². The van der Waals surface area contributed by atoms with Gasteiger partial charge in [-0.1, -0.05) is 18.2 Å². The summed E-state index contributed by atoms with van der Waals surface area (Å²) in [6.45, 7) is 1.54. The molecular formula is C11H11NaO5S. The van der Waals surface area contributed by atoms with Crippen molar-refractivity contribution in [3.8, 4) is 0 Å². The van der Waals surface area contributed by atoms with Crippen LogP contribution in [-0.2, 0) is 19.4 Å². The second-order valence-corrected chi connectivity index (χ2v) is 4.86. The maximum absolute atomic E-state index is 11.7. The average molecular weight is 278 g/mol. The van der Waals surface area contributed by atoms with Gasteiger partial charge in [0.25, 0.3) is 0 Å². The summed E-state index contributed by atoms with van der Waals surface area (Å²) in [5, 5.41) is 11.6.